The second-order valence-corrected chi connectivity index (χ2v) is 4.03. The molecule has 19 heavy (non-hydrogen) atoms. The molecule has 0 saturated heterocycles. The summed E-state index contributed by atoms with van der Waals surface area (Å²) in [5.41, 5.74) is 1.78. The molecule has 1 aromatic heterocycles. The van der Waals surface area contributed by atoms with Gasteiger partial charge in [-0.3, -0.25) is 14.9 Å². The first-order valence-corrected chi connectivity index (χ1v) is 5.59. The molecule has 6 nitrogen and oxygen atoms in total. The fourth-order valence-corrected chi connectivity index (χ4v) is 1.47. The van der Waals surface area contributed by atoms with Crippen molar-refractivity contribution < 1.29 is 19.1 Å². The number of nitrogens with zero attached hydrogens (tertiary/aromatic N) is 1. The fourth-order valence-electron chi connectivity index (χ4n) is 1.47. The monoisotopic (exact) mass is 260 g/mol. The number of benzene rings is 1. The molecule has 1 aromatic carbocycles. The first kappa shape index (κ1) is 12.8. The summed E-state index contributed by atoms with van der Waals surface area (Å²) in [6, 6.07) is 7.00. The molecular formula is C13H12N2O4. The number of carboxylic acid groups (broad SMARTS) is 1. The van der Waals surface area contributed by atoms with Crippen LogP contribution in [0.4, 0.5) is 6.01 Å². The summed E-state index contributed by atoms with van der Waals surface area (Å²) in [5.74, 6) is -1.37. The van der Waals surface area contributed by atoms with Crippen molar-refractivity contribution in [1.82, 2.24) is 4.98 Å². The van der Waals surface area contributed by atoms with E-state index in [9.17, 15) is 9.59 Å². The van der Waals surface area contributed by atoms with E-state index in [-0.39, 0.29) is 24.0 Å². The van der Waals surface area contributed by atoms with Crippen LogP contribution in [0.25, 0.3) is 0 Å². The molecule has 6 heteroatoms. The Kier molecular flexibility index (Phi) is 3.61. The van der Waals surface area contributed by atoms with Crippen LogP contribution in [0.15, 0.2) is 34.9 Å². The van der Waals surface area contributed by atoms with Crippen molar-refractivity contribution >= 4 is 17.9 Å². The number of carbonyl (C=O) groups is 2. The van der Waals surface area contributed by atoms with E-state index in [1.807, 2.05) is 19.1 Å². The molecule has 0 bridgehead atoms. The van der Waals surface area contributed by atoms with Crippen LogP contribution in [0.2, 0.25) is 0 Å². The Bertz CT molecular complexity index is 601. The predicted molar refractivity (Wildman–Crippen MR) is 67.0 cm³/mol. The smallest absolute Gasteiger partial charge is 0.309 e. The van der Waals surface area contributed by atoms with E-state index >= 15 is 0 Å². The van der Waals surface area contributed by atoms with Crippen molar-refractivity contribution in [3.05, 3.63) is 47.3 Å². The lowest BCUT2D eigenvalue weighted by Crippen LogP contribution is -2.12. The number of aromatic nitrogens is 1. The van der Waals surface area contributed by atoms with Gasteiger partial charge in [-0.15, -0.1) is 0 Å². The van der Waals surface area contributed by atoms with Crippen LogP contribution in [-0.2, 0) is 11.2 Å². The minimum Gasteiger partial charge on any atom is -0.481 e. The second-order valence-electron chi connectivity index (χ2n) is 4.03. The fraction of sp³-hybridized carbons (Fsp3) is 0.154. The van der Waals surface area contributed by atoms with E-state index in [4.69, 9.17) is 9.52 Å². The summed E-state index contributed by atoms with van der Waals surface area (Å²) < 4.78 is 4.98. The SMILES string of the molecule is Cc1ccc(C(=O)Nc2nc(CC(=O)O)co2)cc1. The number of anilines is 1. The van der Waals surface area contributed by atoms with Crippen LogP contribution in [0.1, 0.15) is 21.6 Å². The molecule has 0 aliphatic carbocycles. The highest BCUT2D eigenvalue weighted by Crippen LogP contribution is 2.11. The number of amides is 1. The van der Waals surface area contributed by atoms with Gasteiger partial charge in [-0.25, -0.2) is 0 Å². The third-order valence-electron chi connectivity index (χ3n) is 2.42. The Morgan fingerprint density at radius 1 is 1.32 bits per heavy atom. The van der Waals surface area contributed by atoms with E-state index in [2.05, 4.69) is 10.3 Å². The minimum absolute atomic E-state index is 0.0122. The molecule has 98 valence electrons. The Morgan fingerprint density at radius 2 is 2.00 bits per heavy atom. The van der Waals surface area contributed by atoms with E-state index in [0.717, 1.165) is 5.56 Å². The Labute approximate surface area is 109 Å². The van der Waals surface area contributed by atoms with Gasteiger partial charge in [0.2, 0.25) is 0 Å². The van der Waals surface area contributed by atoms with Crippen molar-refractivity contribution in [3.8, 4) is 0 Å². The van der Waals surface area contributed by atoms with Crippen LogP contribution < -0.4 is 5.32 Å². The number of carbonyl (C=O) groups excluding carboxylic acids is 1. The van der Waals surface area contributed by atoms with Gasteiger partial charge in [-0.2, -0.15) is 4.98 Å². The third kappa shape index (κ3) is 3.41. The molecule has 2 N–H and O–H groups in total. The van der Waals surface area contributed by atoms with Crippen molar-refractivity contribution in [1.29, 1.82) is 0 Å². The quantitative estimate of drug-likeness (QED) is 0.875. The van der Waals surface area contributed by atoms with E-state index in [1.165, 1.54) is 6.26 Å². The summed E-state index contributed by atoms with van der Waals surface area (Å²) in [5, 5.41) is 11.1. The van der Waals surface area contributed by atoms with Gasteiger partial charge < -0.3 is 9.52 Å². The lowest BCUT2D eigenvalue weighted by atomic mass is 10.1. The summed E-state index contributed by atoms with van der Waals surface area (Å²) in [4.78, 5) is 26.2. The number of oxazole rings is 1. The van der Waals surface area contributed by atoms with Crippen LogP contribution in [-0.4, -0.2) is 22.0 Å². The maximum Gasteiger partial charge on any atom is 0.309 e. The molecule has 0 aliphatic heterocycles. The van der Waals surface area contributed by atoms with Crippen LogP contribution in [0, 0.1) is 6.92 Å². The van der Waals surface area contributed by atoms with E-state index in [0.29, 0.717) is 5.56 Å². The minimum atomic E-state index is -1.01. The number of hydrogen-bond donors (Lipinski definition) is 2. The lowest BCUT2D eigenvalue weighted by Gasteiger charge is -2.00. The molecule has 0 spiro atoms. The van der Waals surface area contributed by atoms with Gasteiger partial charge in [-0.05, 0) is 19.1 Å². The summed E-state index contributed by atoms with van der Waals surface area (Å²) >= 11 is 0. The normalized spacial score (nSPS) is 10.2. The molecule has 0 saturated carbocycles. The highest BCUT2D eigenvalue weighted by atomic mass is 16.4. The highest BCUT2D eigenvalue weighted by molar-refractivity contribution is 6.03. The van der Waals surface area contributed by atoms with Gasteiger partial charge in [0, 0.05) is 5.56 Å². The average molecular weight is 260 g/mol. The number of aryl methyl sites for hydroxylation is 1. The number of rotatable bonds is 4. The van der Waals surface area contributed by atoms with Gasteiger partial charge in [0.15, 0.2) is 0 Å². The largest absolute Gasteiger partial charge is 0.481 e. The summed E-state index contributed by atoms with van der Waals surface area (Å²) in [6.07, 6.45) is 0.961. The standard InChI is InChI=1S/C13H12N2O4/c1-8-2-4-9(5-3-8)12(18)15-13-14-10(7-19-13)6-11(16)17/h2-5,7H,6H2,1H3,(H,16,17)(H,14,15,18). The first-order chi connectivity index (χ1) is 9.04. The molecule has 0 fully saturated rings. The average Bonchev–Trinajstić information content (AvgIpc) is 2.76. The zero-order chi connectivity index (χ0) is 13.8. The number of aliphatic carboxylic acids is 1. The van der Waals surface area contributed by atoms with Crippen molar-refractivity contribution in [2.75, 3.05) is 5.32 Å². The number of hydrogen-bond acceptors (Lipinski definition) is 4. The first-order valence-electron chi connectivity index (χ1n) is 5.59. The van der Waals surface area contributed by atoms with Crippen molar-refractivity contribution in [2.45, 2.75) is 13.3 Å². The Morgan fingerprint density at radius 3 is 2.63 bits per heavy atom. The maximum absolute atomic E-state index is 11.8. The number of nitrogens with one attached hydrogen (secondary N) is 1. The summed E-state index contributed by atoms with van der Waals surface area (Å²) in [6.45, 7) is 1.92. The molecule has 0 radical (unpaired) electrons. The van der Waals surface area contributed by atoms with Gasteiger partial charge in [0.25, 0.3) is 5.91 Å². The zero-order valence-electron chi connectivity index (χ0n) is 10.2. The molecular weight excluding hydrogens is 248 g/mol. The van der Waals surface area contributed by atoms with E-state index in [1.54, 1.807) is 12.1 Å². The molecule has 2 aromatic rings. The van der Waals surface area contributed by atoms with Gasteiger partial charge in [0.05, 0.1) is 12.1 Å². The number of carboxylic acids is 1. The second kappa shape index (κ2) is 5.34. The molecule has 0 atom stereocenters. The van der Waals surface area contributed by atoms with Crippen molar-refractivity contribution in [3.63, 3.8) is 0 Å². The highest BCUT2D eigenvalue weighted by Gasteiger charge is 2.11. The summed E-state index contributed by atoms with van der Waals surface area (Å²) in [7, 11) is 0. The van der Waals surface area contributed by atoms with Crippen LogP contribution >= 0.6 is 0 Å². The van der Waals surface area contributed by atoms with Gasteiger partial charge in [0.1, 0.15) is 6.26 Å². The Balaban J connectivity index is 2.04. The molecule has 1 amide bonds. The van der Waals surface area contributed by atoms with Crippen molar-refractivity contribution in [2.24, 2.45) is 0 Å². The maximum atomic E-state index is 11.8. The third-order valence-corrected chi connectivity index (χ3v) is 2.42. The zero-order valence-corrected chi connectivity index (χ0v) is 10.2. The van der Waals surface area contributed by atoms with Gasteiger partial charge >= 0.3 is 12.0 Å². The molecule has 0 unspecified atom stereocenters. The van der Waals surface area contributed by atoms with Crippen LogP contribution in [0.3, 0.4) is 0 Å². The topological polar surface area (TPSA) is 92.4 Å². The van der Waals surface area contributed by atoms with Gasteiger partial charge in [-0.1, -0.05) is 17.7 Å². The predicted octanol–water partition coefficient (Wildman–Crippen LogP) is 1.86. The molecule has 0 aliphatic rings. The van der Waals surface area contributed by atoms with Crippen LogP contribution in [0.5, 0.6) is 0 Å². The van der Waals surface area contributed by atoms with E-state index < -0.39 is 5.97 Å². The Hall–Kier alpha value is -2.63. The molecule has 2 rings (SSSR count). The molecule has 1 heterocycles. The lowest BCUT2D eigenvalue weighted by molar-refractivity contribution is -0.136.